The summed E-state index contributed by atoms with van der Waals surface area (Å²) < 4.78 is 13.4. The van der Waals surface area contributed by atoms with E-state index >= 15 is 0 Å². The van der Waals surface area contributed by atoms with Crippen LogP contribution in [-0.4, -0.2) is 12.0 Å². The van der Waals surface area contributed by atoms with E-state index in [9.17, 15) is 4.39 Å². The number of aryl methyl sites for hydroxylation is 2. The summed E-state index contributed by atoms with van der Waals surface area (Å²) in [5, 5.41) is 4.03. The molecule has 0 spiro atoms. The Morgan fingerprint density at radius 2 is 2.06 bits per heavy atom. The summed E-state index contributed by atoms with van der Waals surface area (Å²) in [7, 11) is 1.83. The fourth-order valence-electron chi connectivity index (χ4n) is 1.84. The van der Waals surface area contributed by atoms with E-state index in [4.69, 9.17) is 0 Å². The van der Waals surface area contributed by atoms with Crippen LogP contribution in [0.1, 0.15) is 18.1 Å². The number of anilines is 1. The summed E-state index contributed by atoms with van der Waals surface area (Å²) in [5.41, 5.74) is 2.51. The molecule has 2 rings (SSSR count). The Bertz CT molecular complexity index is 486. The van der Waals surface area contributed by atoms with Gasteiger partial charge in [0.1, 0.15) is 11.6 Å². The van der Waals surface area contributed by atoms with Crippen LogP contribution in [0.5, 0.6) is 0 Å². The van der Waals surface area contributed by atoms with E-state index in [0.717, 1.165) is 23.2 Å². The van der Waals surface area contributed by atoms with Crippen LogP contribution >= 0.6 is 0 Å². The van der Waals surface area contributed by atoms with E-state index in [1.807, 2.05) is 13.1 Å². The first-order valence-electron chi connectivity index (χ1n) is 5.43. The maximum absolute atomic E-state index is 13.4. The molecule has 84 valence electrons. The minimum atomic E-state index is -0.202. The maximum Gasteiger partial charge on any atom is 0.129 e. The third kappa shape index (κ3) is 1.73. The number of pyridine rings is 1. The standard InChI is InChI=1S/C13H15FN2/c1-4-9-6-10-5-8(2)11(14)7-12(10)16-13(9)15-3/h5-7H,4H2,1-3H3,(H,15,16). The van der Waals surface area contributed by atoms with E-state index in [1.54, 1.807) is 6.92 Å². The first-order chi connectivity index (χ1) is 7.65. The Hall–Kier alpha value is -1.64. The van der Waals surface area contributed by atoms with Crippen LogP contribution in [0.3, 0.4) is 0 Å². The van der Waals surface area contributed by atoms with Gasteiger partial charge in [-0.25, -0.2) is 9.37 Å². The molecule has 1 aromatic carbocycles. The number of hydrogen-bond donors (Lipinski definition) is 1. The van der Waals surface area contributed by atoms with Gasteiger partial charge in [-0.2, -0.15) is 0 Å². The second kappa shape index (κ2) is 4.08. The van der Waals surface area contributed by atoms with Gasteiger partial charge in [0.2, 0.25) is 0 Å². The van der Waals surface area contributed by atoms with Gasteiger partial charge in [-0.05, 0) is 36.6 Å². The molecule has 0 unspecified atom stereocenters. The van der Waals surface area contributed by atoms with Crippen LogP contribution in [0.4, 0.5) is 10.2 Å². The van der Waals surface area contributed by atoms with Crippen molar-refractivity contribution in [3.63, 3.8) is 0 Å². The number of nitrogens with one attached hydrogen (secondary N) is 1. The predicted octanol–water partition coefficient (Wildman–Crippen LogP) is 3.29. The molecule has 0 aliphatic rings. The van der Waals surface area contributed by atoms with Crippen LogP contribution < -0.4 is 5.32 Å². The van der Waals surface area contributed by atoms with Crippen molar-refractivity contribution in [2.75, 3.05) is 12.4 Å². The lowest BCUT2D eigenvalue weighted by molar-refractivity contribution is 0.620. The van der Waals surface area contributed by atoms with Crippen LogP contribution in [0.15, 0.2) is 18.2 Å². The Morgan fingerprint density at radius 1 is 1.31 bits per heavy atom. The van der Waals surface area contributed by atoms with Gasteiger partial charge in [-0.3, -0.25) is 0 Å². The van der Waals surface area contributed by atoms with E-state index in [2.05, 4.69) is 23.3 Å². The highest BCUT2D eigenvalue weighted by Gasteiger charge is 2.06. The molecule has 0 saturated carbocycles. The van der Waals surface area contributed by atoms with Gasteiger partial charge in [0.25, 0.3) is 0 Å². The van der Waals surface area contributed by atoms with Crippen LogP contribution in [0.2, 0.25) is 0 Å². The van der Waals surface area contributed by atoms with Crippen LogP contribution in [-0.2, 0) is 6.42 Å². The molecule has 3 heteroatoms. The lowest BCUT2D eigenvalue weighted by Gasteiger charge is -2.09. The number of aromatic nitrogens is 1. The molecule has 2 nitrogen and oxygen atoms in total. The molecule has 0 saturated heterocycles. The number of rotatable bonds is 2. The summed E-state index contributed by atoms with van der Waals surface area (Å²) in [4.78, 5) is 4.42. The van der Waals surface area contributed by atoms with E-state index in [0.29, 0.717) is 11.1 Å². The molecule has 0 atom stereocenters. The highest BCUT2D eigenvalue weighted by molar-refractivity contribution is 5.82. The lowest BCUT2D eigenvalue weighted by atomic mass is 10.1. The smallest absolute Gasteiger partial charge is 0.129 e. The Balaban J connectivity index is 2.73. The molecular formula is C13H15FN2. The van der Waals surface area contributed by atoms with E-state index in [1.165, 1.54) is 6.07 Å². The first-order valence-corrected chi connectivity index (χ1v) is 5.43. The monoisotopic (exact) mass is 218 g/mol. The average Bonchev–Trinajstić information content (AvgIpc) is 2.29. The molecular weight excluding hydrogens is 203 g/mol. The number of benzene rings is 1. The fourth-order valence-corrected chi connectivity index (χ4v) is 1.84. The molecule has 1 heterocycles. The normalized spacial score (nSPS) is 10.8. The van der Waals surface area contributed by atoms with Crippen molar-refractivity contribution in [2.45, 2.75) is 20.3 Å². The van der Waals surface area contributed by atoms with Crippen LogP contribution in [0, 0.1) is 12.7 Å². The zero-order chi connectivity index (χ0) is 11.7. The number of hydrogen-bond acceptors (Lipinski definition) is 2. The topological polar surface area (TPSA) is 24.9 Å². The highest BCUT2D eigenvalue weighted by atomic mass is 19.1. The molecule has 0 aliphatic heterocycles. The second-order valence-electron chi connectivity index (χ2n) is 3.89. The summed E-state index contributed by atoms with van der Waals surface area (Å²) in [5.74, 6) is 0.629. The third-order valence-corrected chi connectivity index (χ3v) is 2.79. The zero-order valence-electron chi connectivity index (χ0n) is 9.76. The van der Waals surface area contributed by atoms with Crippen molar-refractivity contribution in [1.82, 2.24) is 4.98 Å². The fraction of sp³-hybridized carbons (Fsp3) is 0.308. The van der Waals surface area contributed by atoms with Gasteiger partial charge < -0.3 is 5.32 Å². The lowest BCUT2D eigenvalue weighted by Crippen LogP contribution is -1.99. The van der Waals surface area contributed by atoms with Crippen LogP contribution in [0.25, 0.3) is 10.9 Å². The average molecular weight is 218 g/mol. The van der Waals surface area contributed by atoms with Gasteiger partial charge in [0.15, 0.2) is 0 Å². The predicted molar refractivity (Wildman–Crippen MR) is 65.4 cm³/mol. The Kier molecular flexibility index (Phi) is 2.77. The largest absolute Gasteiger partial charge is 0.373 e. The Labute approximate surface area is 94.5 Å². The van der Waals surface area contributed by atoms with E-state index < -0.39 is 0 Å². The molecule has 0 amide bonds. The van der Waals surface area contributed by atoms with Gasteiger partial charge in [0.05, 0.1) is 5.52 Å². The minimum absolute atomic E-state index is 0.202. The van der Waals surface area contributed by atoms with Gasteiger partial charge in [0, 0.05) is 18.5 Å². The van der Waals surface area contributed by atoms with Gasteiger partial charge in [-0.1, -0.05) is 6.92 Å². The number of nitrogens with zero attached hydrogens (tertiary/aromatic N) is 1. The molecule has 2 aromatic rings. The molecule has 0 radical (unpaired) electrons. The summed E-state index contributed by atoms with van der Waals surface area (Å²) in [6, 6.07) is 5.40. The van der Waals surface area contributed by atoms with Crippen molar-refractivity contribution in [3.8, 4) is 0 Å². The van der Waals surface area contributed by atoms with Gasteiger partial charge in [-0.15, -0.1) is 0 Å². The number of halogens is 1. The summed E-state index contributed by atoms with van der Waals surface area (Å²) in [6.07, 6.45) is 0.912. The van der Waals surface area contributed by atoms with Crippen molar-refractivity contribution in [2.24, 2.45) is 0 Å². The van der Waals surface area contributed by atoms with Crippen molar-refractivity contribution < 1.29 is 4.39 Å². The minimum Gasteiger partial charge on any atom is -0.373 e. The van der Waals surface area contributed by atoms with Crippen molar-refractivity contribution in [3.05, 3.63) is 35.1 Å². The molecule has 16 heavy (non-hydrogen) atoms. The molecule has 0 bridgehead atoms. The number of fused-ring (bicyclic) bond motifs is 1. The highest BCUT2D eigenvalue weighted by Crippen LogP contribution is 2.23. The van der Waals surface area contributed by atoms with Crippen molar-refractivity contribution in [1.29, 1.82) is 0 Å². The first kappa shape index (κ1) is 10.9. The van der Waals surface area contributed by atoms with E-state index in [-0.39, 0.29) is 5.82 Å². The molecule has 0 aliphatic carbocycles. The molecule has 1 N–H and O–H groups in total. The summed E-state index contributed by atoms with van der Waals surface area (Å²) in [6.45, 7) is 3.85. The molecule has 0 fully saturated rings. The Morgan fingerprint density at radius 3 is 2.69 bits per heavy atom. The molecule has 1 aromatic heterocycles. The second-order valence-corrected chi connectivity index (χ2v) is 3.89. The zero-order valence-corrected chi connectivity index (χ0v) is 9.76. The third-order valence-electron chi connectivity index (χ3n) is 2.79. The SMILES string of the molecule is CCc1cc2cc(C)c(F)cc2nc1NC. The van der Waals surface area contributed by atoms with Gasteiger partial charge >= 0.3 is 0 Å². The quantitative estimate of drug-likeness (QED) is 0.836. The van der Waals surface area contributed by atoms with Crippen molar-refractivity contribution >= 4 is 16.7 Å². The maximum atomic E-state index is 13.4. The summed E-state index contributed by atoms with van der Waals surface area (Å²) >= 11 is 0.